The van der Waals surface area contributed by atoms with Crippen molar-refractivity contribution in [2.24, 2.45) is 0 Å². The molecule has 0 bridgehead atoms. The summed E-state index contributed by atoms with van der Waals surface area (Å²) >= 11 is 0. The monoisotopic (exact) mass is 210 g/mol. The van der Waals surface area contributed by atoms with Gasteiger partial charge in [-0.2, -0.15) is 0 Å². The smallest absolute Gasteiger partial charge is 0.274 e. The zero-order valence-corrected chi connectivity index (χ0v) is 9.32. The molecule has 0 saturated carbocycles. The summed E-state index contributed by atoms with van der Waals surface area (Å²) in [5.41, 5.74) is 3.70. The molecule has 0 amide bonds. The molecule has 0 aliphatic heterocycles. The molecule has 1 aromatic rings. The first kappa shape index (κ1) is 11.8. The lowest BCUT2D eigenvalue weighted by Crippen LogP contribution is -2.31. The van der Waals surface area contributed by atoms with Gasteiger partial charge in [0.15, 0.2) is 0 Å². The Hall–Kier alpha value is -1.29. The first-order chi connectivity index (χ1) is 7.29. The van der Waals surface area contributed by atoms with E-state index in [0.29, 0.717) is 12.2 Å². The third-order valence-electron chi connectivity index (χ3n) is 2.14. The highest BCUT2D eigenvalue weighted by Gasteiger charge is 2.01. The van der Waals surface area contributed by atoms with Crippen LogP contribution in [0.3, 0.4) is 0 Å². The van der Waals surface area contributed by atoms with Crippen LogP contribution in [0, 0.1) is 0 Å². The molecule has 4 heteroatoms. The number of hydrogen-bond donors (Lipinski definition) is 1. The average molecular weight is 210 g/mol. The van der Waals surface area contributed by atoms with Crippen molar-refractivity contribution in [1.29, 1.82) is 0 Å². The zero-order valence-electron chi connectivity index (χ0n) is 9.32. The van der Waals surface area contributed by atoms with Crippen LogP contribution in [0.1, 0.15) is 25.3 Å². The molecule has 84 valence electrons. The lowest BCUT2D eigenvalue weighted by atomic mass is 10.3. The average Bonchev–Trinajstić information content (AvgIpc) is 2.24. The van der Waals surface area contributed by atoms with Crippen molar-refractivity contribution >= 4 is 0 Å². The Kier molecular flexibility index (Phi) is 4.90. The molecule has 0 aromatic carbocycles. The Bertz CT molecular complexity index is 347. The highest BCUT2D eigenvalue weighted by Crippen LogP contribution is 1.93. The van der Waals surface area contributed by atoms with Crippen molar-refractivity contribution in [2.45, 2.75) is 26.4 Å². The number of ether oxygens (including phenoxy) is 1. The molecule has 1 N–H and O–H groups in total. The van der Waals surface area contributed by atoms with Crippen LogP contribution in [0.5, 0.6) is 0 Å². The van der Waals surface area contributed by atoms with Gasteiger partial charge < -0.3 is 10.2 Å². The van der Waals surface area contributed by atoms with E-state index in [1.165, 1.54) is 4.68 Å². The highest BCUT2D eigenvalue weighted by molar-refractivity contribution is 5.10. The molecular weight excluding hydrogens is 192 g/mol. The van der Waals surface area contributed by atoms with Crippen LogP contribution >= 0.6 is 0 Å². The number of pyridine rings is 1. The van der Waals surface area contributed by atoms with E-state index in [9.17, 15) is 4.79 Å². The quantitative estimate of drug-likeness (QED) is 0.720. The van der Waals surface area contributed by atoms with Crippen LogP contribution in [0.4, 0.5) is 0 Å². The lowest BCUT2D eigenvalue weighted by Gasteiger charge is -2.09. The van der Waals surface area contributed by atoms with Crippen molar-refractivity contribution in [3.63, 3.8) is 0 Å². The minimum absolute atomic E-state index is 0.0320. The minimum Gasteiger partial charge on any atom is -0.380 e. The number of unbranched alkanes of at least 4 members (excludes halogenated alkanes) is 1. The Labute approximate surface area is 89.8 Å². The molecule has 0 fully saturated rings. The van der Waals surface area contributed by atoms with Gasteiger partial charge in [0, 0.05) is 25.4 Å². The molecule has 0 aliphatic carbocycles. The summed E-state index contributed by atoms with van der Waals surface area (Å²) in [4.78, 5) is 11.8. The number of nitrogens with one attached hydrogen (secondary N) is 1. The van der Waals surface area contributed by atoms with Crippen LogP contribution in [0.25, 0.3) is 0 Å². The van der Waals surface area contributed by atoms with Gasteiger partial charge in [-0.15, -0.1) is 0 Å². The van der Waals surface area contributed by atoms with Crippen molar-refractivity contribution in [3.05, 3.63) is 34.2 Å². The molecule has 1 aromatic heterocycles. The summed E-state index contributed by atoms with van der Waals surface area (Å²) in [6, 6.07) is 3.62. The van der Waals surface area contributed by atoms with Gasteiger partial charge in [-0.25, -0.2) is 4.68 Å². The van der Waals surface area contributed by atoms with Gasteiger partial charge in [0.25, 0.3) is 5.56 Å². The van der Waals surface area contributed by atoms with E-state index in [0.717, 1.165) is 19.4 Å². The topological polar surface area (TPSA) is 43.3 Å². The SMILES string of the molecule is CCCCNn1cccc(COC)c1=O. The number of rotatable bonds is 6. The third kappa shape index (κ3) is 3.40. The van der Waals surface area contributed by atoms with Gasteiger partial charge in [0.2, 0.25) is 0 Å². The standard InChI is InChI=1S/C11H18N2O2/c1-3-4-7-12-13-8-5-6-10(9-15-2)11(13)14/h5-6,8,12H,3-4,7,9H2,1-2H3. The van der Waals surface area contributed by atoms with Gasteiger partial charge in [-0.3, -0.25) is 4.79 Å². The second-order valence-electron chi connectivity index (χ2n) is 3.40. The molecule has 0 aliphatic rings. The molecule has 0 unspecified atom stereocenters. The van der Waals surface area contributed by atoms with Crippen LogP contribution in [-0.4, -0.2) is 18.3 Å². The first-order valence-corrected chi connectivity index (χ1v) is 5.23. The Balaban J connectivity index is 2.71. The summed E-state index contributed by atoms with van der Waals surface area (Å²) < 4.78 is 6.47. The van der Waals surface area contributed by atoms with Gasteiger partial charge >= 0.3 is 0 Å². The van der Waals surface area contributed by atoms with Crippen molar-refractivity contribution in [3.8, 4) is 0 Å². The van der Waals surface area contributed by atoms with E-state index in [2.05, 4.69) is 12.3 Å². The van der Waals surface area contributed by atoms with E-state index in [4.69, 9.17) is 4.74 Å². The molecule has 1 heterocycles. The fraction of sp³-hybridized carbons (Fsp3) is 0.545. The predicted molar refractivity (Wildman–Crippen MR) is 60.6 cm³/mol. The minimum atomic E-state index is -0.0320. The maximum absolute atomic E-state index is 11.8. The molecular formula is C11H18N2O2. The molecule has 1 rings (SSSR count). The fourth-order valence-electron chi connectivity index (χ4n) is 1.31. The summed E-state index contributed by atoms with van der Waals surface area (Å²) in [7, 11) is 1.58. The molecule has 4 nitrogen and oxygen atoms in total. The van der Waals surface area contributed by atoms with Crippen LogP contribution in [0.2, 0.25) is 0 Å². The second-order valence-corrected chi connectivity index (χ2v) is 3.40. The Morgan fingerprint density at radius 2 is 2.33 bits per heavy atom. The van der Waals surface area contributed by atoms with E-state index < -0.39 is 0 Å². The van der Waals surface area contributed by atoms with E-state index in [1.807, 2.05) is 6.07 Å². The summed E-state index contributed by atoms with van der Waals surface area (Å²) in [5.74, 6) is 0. The largest absolute Gasteiger partial charge is 0.380 e. The predicted octanol–water partition coefficient (Wildman–Crippen LogP) is 1.34. The summed E-state index contributed by atoms with van der Waals surface area (Å²) in [5, 5.41) is 0. The fourth-order valence-corrected chi connectivity index (χ4v) is 1.31. The van der Waals surface area contributed by atoms with Crippen LogP contribution in [-0.2, 0) is 11.3 Å². The summed E-state index contributed by atoms with van der Waals surface area (Å²) in [6.45, 7) is 3.29. The van der Waals surface area contributed by atoms with Crippen LogP contribution in [0.15, 0.2) is 23.1 Å². The van der Waals surface area contributed by atoms with Gasteiger partial charge in [-0.05, 0) is 18.6 Å². The van der Waals surface area contributed by atoms with E-state index >= 15 is 0 Å². The normalized spacial score (nSPS) is 10.3. The number of methoxy groups -OCH3 is 1. The van der Waals surface area contributed by atoms with Crippen molar-refractivity contribution in [2.75, 3.05) is 19.1 Å². The Morgan fingerprint density at radius 3 is 3.00 bits per heavy atom. The van der Waals surface area contributed by atoms with Gasteiger partial charge in [-0.1, -0.05) is 13.3 Å². The Morgan fingerprint density at radius 1 is 1.53 bits per heavy atom. The zero-order chi connectivity index (χ0) is 11.1. The van der Waals surface area contributed by atoms with Crippen LogP contribution < -0.4 is 11.0 Å². The lowest BCUT2D eigenvalue weighted by molar-refractivity contribution is 0.183. The van der Waals surface area contributed by atoms with Crippen molar-refractivity contribution in [1.82, 2.24) is 4.68 Å². The second kappa shape index (κ2) is 6.24. The van der Waals surface area contributed by atoms with E-state index in [1.54, 1.807) is 19.4 Å². The van der Waals surface area contributed by atoms with Gasteiger partial charge in [0.05, 0.1) is 6.61 Å². The molecule has 0 radical (unpaired) electrons. The van der Waals surface area contributed by atoms with Crippen molar-refractivity contribution < 1.29 is 4.74 Å². The molecule has 15 heavy (non-hydrogen) atoms. The van der Waals surface area contributed by atoms with Gasteiger partial charge in [0.1, 0.15) is 0 Å². The summed E-state index contributed by atoms with van der Waals surface area (Å²) in [6.07, 6.45) is 3.90. The van der Waals surface area contributed by atoms with E-state index in [-0.39, 0.29) is 5.56 Å². The first-order valence-electron chi connectivity index (χ1n) is 5.23. The number of hydrogen-bond acceptors (Lipinski definition) is 3. The molecule has 0 saturated heterocycles. The molecule has 0 atom stereocenters. The highest BCUT2D eigenvalue weighted by atomic mass is 16.5. The number of aromatic nitrogens is 1. The third-order valence-corrected chi connectivity index (χ3v) is 2.14. The number of nitrogens with zero attached hydrogens (tertiary/aromatic N) is 1. The maximum atomic E-state index is 11.8. The maximum Gasteiger partial charge on any atom is 0.274 e. The molecule has 0 spiro atoms.